The lowest BCUT2D eigenvalue weighted by molar-refractivity contribution is -0.121. The van der Waals surface area contributed by atoms with Crippen LogP contribution in [0.5, 0.6) is 0 Å². The predicted octanol–water partition coefficient (Wildman–Crippen LogP) is 3.39. The van der Waals surface area contributed by atoms with Crippen LogP contribution in [0.15, 0.2) is 0 Å². The van der Waals surface area contributed by atoms with Crippen molar-refractivity contribution in [2.24, 2.45) is 0 Å². The van der Waals surface area contributed by atoms with Crippen molar-refractivity contribution in [3.63, 3.8) is 0 Å². The van der Waals surface area contributed by atoms with Crippen molar-refractivity contribution in [1.29, 1.82) is 5.26 Å². The van der Waals surface area contributed by atoms with E-state index in [9.17, 15) is 10.1 Å². The average molecular weight is 280 g/mol. The number of rotatable bonds is 4. The maximum atomic E-state index is 12.3. The number of carbonyl (C=O) groups is 1. The van der Waals surface area contributed by atoms with Crippen LogP contribution in [0.1, 0.15) is 64.7 Å². The zero-order valence-electron chi connectivity index (χ0n) is 11.8. The molecule has 4 heteroatoms. The maximum absolute atomic E-state index is 12.3. The van der Waals surface area contributed by atoms with Crippen LogP contribution in [0, 0.1) is 11.3 Å². The van der Waals surface area contributed by atoms with Gasteiger partial charge in [0, 0.05) is 5.25 Å². The van der Waals surface area contributed by atoms with Crippen LogP contribution >= 0.6 is 11.8 Å². The first-order chi connectivity index (χ1) is 9.15. The van der Waals surface area contributed by atoms with Gasteiger partial charge in [0.25, 0.3) is 0 Å². The maximum Gasteiger partial charge on any atom is 0.234 e. The minimum absolute atomic E-state index is 0.0322. The summed E-state index contributed by atoms with van der Waals surface area (Å²) in [6.45, 7) is 1.98. The van der Waals surface area contributed by atoms with Gasteiger partial charge in [0.2, 0.25) is 5.91 Å². The molecule has 1 amide bonds. The van der Waals surface area contributed by atoms with E-state index in [1.54, 1.807) is 11.8 Å². The summed E-state index contributed by atoms with van der Waals surface area (Å²) >= 11 is 1.79. The van der Waals surface area contributed by atoms with E-state index in [0.29, 0.717) is 5.25 Å². The Morgan fingerprint density at radius 3 is 2.47 bits per heavy atom. The van der Waals surface area contributed by atoms with Gasteiger partial charge in [-0.1, -0.05) is 32.1 Å². The van der Waals surface area contributed by atoms with Gasteiger partial charge in [0.05, 0.1) is 11.3 Å². The van der Waals surface area contributed by atoms with Crippen molar-refractivity contribution in [3.8, 4) is 6.07 Å². The summed E-state index contributed by atoms with van der Waals surface area (Å²) in [6, 6.07) is 2.36. The molecule has 0 bridgehead atoms. The zero-order chi connectivity index (χ0) is 13.7. The molecule has 0 aromatic rings. The van der Waals surface area contributed by atoms with E-state index in [0.717, 1.165) is 25.7 Å². The predicted molar refractivity (Wildman–Crippen MR) is 78.9 cm³/mol. The van der Waals surface area contributed by atoms with Crippen LogP contribution in [0.3, 0.4) is 0 Å². The number of thioether (sulfide) groups is 1. The summed E-state index contributed by atoms with van der Waals surface area (Å²) in [5.41, 5.74) is -0.584. The summed E-state index contributed by atoms with van der Waals surface area (Å²) in [5.74, 6) is 0.0559. The number of carbonyl (C=O) groups excluding carboxylic acids is 1. The molecule has 2 aliphatic rings. The second kappa shape index (κ2) is 6.65. The summed E-state index contributed by atoms with van der Waals surface area (Å²) in [7, 11) is 0. The van der Waals surface area contributed by atoms with Gasteiger partial charge >= 0.3 is 0 Å². The van der Waals surface area contributed by atoms with Crippen molar-refractivity contribution in [3.05, 3.63) is 0 Å². The van der Waals surface area contributed by atoms with Gasteiger partial charge < -0.3 is 5.32 Å². The largest absolute Gasteiger partial charge is 0.337 e. The first kappa shape index (κ1) is 14.7. The topological polar surface area (TPSA) is 52.9 Å². The number of nitrogens with one attached hydrogen (secondary N) is 1. The number of nitriles is 1. The first-order valence-corrected chi connectivity index (χ1v) is 8.48. The molecule has 3 nitrogen and oxygen atoms in total. The SMILES string of the molecule is CC(SC1CCCC1)C(=O)NC1(C#N)CCCCC1. The normalized spacial score (nSPS) is 24.6. The molecule has 19 heavy (non-hydrogen) atoms. The Kier molecular flexibility index (Phi) is 5.15. The average Bonchev–Trinajstić information content (AvgIpc) is 2.92. The molecule has 2 fully saturated rings. The molecule has 0 aliphatic heterocycles. The number of hydrogen-bond acceptors (Lipinski definition) is 3. The Morgan fingerprint density at radius 2 is 1.89 bits per heavy atom. The lowest BCUT2D eigenvalue weighted by Crippen LogP contribution is -2.51. The van der Waals surface area contributed by atoms with Crippen molar-refractivity contribution < 1.29 is 4.79 Å². The molecule has 1 N–H and O–H groups in total. The van der Waals surface area contributed by atoms with Crippen molar-refractivity contribution >= 4 is 17.7 Å². The second-order valence-electron chi connectivity index (χ2n) is 5.93. The van der Waals surface area contributed by atoms with Crippen LogP contribution in [0.2, 0.25) is 0 Å². The van der Waals surface area contributed by atoms with E-state index in [4.69, 9.17) is 0 Å². The van der Waals surface area contributed by atoms with Gasteiger partial charge in [-0.15, -0.1) is 11.8 Å². The van der Waals surface area contributed by atoms with E-state index >= 15 is 0 Å². The Hall–Kier alpha value is -0.690. The molecule has 0 heterocycles. The highest BCUT2D eigenvalue weighted by Gasteiger charge is 2.35. The second-order valence-corrected chi connectivity index (χ2v) is 7.57. The van der Waals surface area contributed by atoms with E-state index in [1.807, 2.05) is 6.92 Å². The third-order valence-electron chi connectivity index (χ3n) is 4.35. The molecule has 2 saturated carbocycles. The highest BCUT2D eigenvalue weighted by atomic mass is 32.2. The summed E-state index contributed by atoms with van der Waals surface area (Å²) < 4.78 is 0. The number of amides is 1. The highest BCUT2D eigenvalue weighted by molar-refractivity contribution is 8.01. The lowest BCUT2D eigenvalue weighted by atomic mass is 9.83. The van der Waals surface area contributed by atoms with E-state index < -0.39 is 5.54 Å². The zero-order valence-corrected chi connectivity index (χ0v) is 12.6. The minimum atomic E-state index is -0.584. The molecular weight excluding hydrogens is 256 g/mol. The first-order valence-electron chi connectivity index (χ1n) is 7.54. The molecule has 0 radical (unpaired) electrons. The van der Waals surface area contributed by atoms with Crippen LogP contribution in [0.4, 0.5) is 0 Å². The smallest absolute Gasteiger partial charge is 0.234 e. The van der Waals surface area contributed by atoms with Crippen LogP contribution in [0.25, 0.3) is 0 Å². The van der Waals surface area contributed by atoms with Crippen molar-refractivity contribution in [1.82, 2.24) is 5.32 Å². The van der Waals surface area contributed by atoms with Gasteiger partial charge in [0.1, 0.15) is 5.54 Å². The lowest BCUT2D eigenvalue weighted by Gasteiger charge is -2.32. The standard InChI is InChI=1S/C15H24N2OS/c1-12(19-13-7-3-4-8-13)14(18)17-15(11-16)9-5-2-6-10-15/h12-13H,2-10H2,1H3,(H,17,18). The molecule has 2 aliphatic carbocycles. The van der Waals surface area contributed by atoms with Crippen LogP contribution in [-0.4, -0.2) is 21.9 Å². The fourth-order valence-corrected chi connectivity index (χ4v) is 4.50. The van der Waals surface area contributed by atoms with Gasteiger partial charge in [-0.25, -0.2) is 0 Å². The Labute approximate surface area is 120 Å². The summed E-state index contributed by atoms with van der Waals surface area (Å²) in [5, 5.41) is 13.0. The van der Waals surface area contributed by atoms with E-state index in [1.165, 1.54) is 32.1 Å². The van der Waals surface area contributed by atoms with Gasteiger partial charge in [0.15, 0.2) is 0 Å². The molecule has 2 rings (SSSR count). The van der Waals surface area contributed by atoms with E-state index in [-0.39, 0.29) is 11.2 Å². The molecule has 1 unspecified atom stereocenters. The van der Waals surface area contributed by atoms with Gasteiger partial charge in [-0.2, -0.15) is 5.26 Å². The highest BCUT2D eigenvalue weighted by Crippen LogP contribution is 2.33. The summed E-state index contributed by atoms with van der Waals surface area (Å²) in [6.07, 6.45) is 10.0. The van der Waals surface area contributed by atoms with Crippen molar-refractivity contribution in [2.75, 3.05) is 0 Å². The summed E-state index contributed by atoms with van der Waals surface area (Å²) in [4.78, 5) is 12.3. The van der Waals surface area contributed by atoms with Crippen LogP contribution < -0.4 is 5.32 Å². The molecule has 106 valence electrons. The van der Waals surface area contributed by atoms with Gasteiger partial charge in [-0.3, -0.25) is 4.79 Å². The Morgan fingerprint density at radius 1 is 1.26 bits per heavy atom. The monoisotopic (exact) mass is 280 g/mol. The van der Waals surface area contributed by atoms with Crippen molar-refractivity contribution in [2.45, 2.75) is 80.7 Å². The van der Waals surface area contributed by atoms with E-state index in [2.05, 4.69) is 11.4 Å². The fraction of sp³-hybridized carbons (Fsp3) is 0.867. The van der Waals surface area contributed by atoms with Gasteiger partial charge in [-0.05, 0) is 32.6 Å². The molecule has 0 aromatic heterocycles. The number of nitrogens with zero attached hydrogens (tertiary/aromatic N) is 1. The number of hydrogen-bond donors (Lipinski definition) is 1. The third-order valence-corrected chi connectivity index (χ3v) is 5.83. The molecule has 1 atom stereocenters. The quantitative estimate of drug-likeness (QED) is 0.858. The molecule has 0 spiro atoms. The molecular formula is C15H24N2OS. The molecule has 0 saturated heterocycles. The Balaban J connectivity index is 1.86. The molecule has 0 aromatic carbocycles. The minimum Gasteiger partial charge on any atom is -0.337 e. The van der Waals surface area contributed by atoms with Crippen LogP contribution in [-0.2, 0) is 4.79 Å². The third kappa shape index (κ3) is 3.89. The fourth-order valence-electron chi connectivity index (χ4n) is 3.13. The Bertz CT molecular complexity index is 352.